The van der Waals surface area contributed by atoms with Crippen LogP contribution in [0.4, 0.5) is 5.82 Å². The highest BCUT2D eigenvalue weighted by Gasteiger charge is 1.76. The normalized spacial score (nSPS) is 8.20. The van der Waals surface area contributed by atoms with Crippen molar-refractivity contribution in [2.24, 2.45) is 5.73 Å². The van der Waals surface area contributed by atoms with E-state index in [0.29, 0.717) is 12.4 Å². The van der Waals surface area contributed by atoms with Gasteiger partial charge < -0.3 is 16.6 Å². The molecule has 0 aliphatic heterocycles. The van der Waals surface area contributed by atoms with Crippen molar-refractivity contribution < 1.29 is 5.11 Å². The van der Waals surface area contributed by atoms with E-state index >= 15 is 0 Å². The van der Waals surface area contributed by atoms with E-state index in [1.165, 1.54) is 6.20 Å². The summed E-state index contributed by atoms with van der Waals surface area (Å²) in [5, 5.41) is 17.0. The molecule has 0 aliphatic rings. The van der Waals surface area contributed by atoms with Crippen LogP contribution >= 0.6 is 0 Å². The summed E-state index contributed by atoms with van der Waals surface area (Å²) in [6, 6.07) is 0. The minimum Gasteiger partial charge on any atom is -0.395 e. The average Bonchev–Trinajstić information content (AvgIpc) is 2.40. The van der Waals surface area contributed by atoms with E-state index in [1.807, 2.05) is 0 Å². The number of aromatic nitrogens is 3. The van der Waals surface area contributed by atoms with E-state index in [2.05, 4.69) is 15.4 Å². The fraction of sp³-hybridized carbons (Fsp3) is 0.500. The summed E-state index contributed by atoms with van der Waals surface area (Å²) in [5.41, 5.74) is 9.85. The zero-order chi connectivity index (χ0) is 7.82. The molecule has 58 valence electrons. The minimum absolute atomic E-state index is 0.0972. The third-order valence-electron chi connectivity index (χ3n) is 0.563. The smallest absolute Gasteiger partial charge is 0.165 e. The lowest BCUT2D eigenvalue weighted by Gasteiger charge is -1.71. The molecule has 10 heavy (non-hydrogen) atoms. The minimum atomic E-state index is 0.0972. The second kappa shape index (κ2) is 5.99. The first-order valence-corrected chi connectivity index (χ1v) is 2.73. The molecule has 0 unspecified atom stereocenters. The monoisotopic (exact) mass is 145 g/mol. The summed E-state index contributed by atoms with van der Waals surface area (Å²) in [6.07, 6.45) is 1.44. The van der Waals surface area contributed by atoms with Crippen LogP contribution in [-0.4, -0.2) is 33.7 Å². The van der Waals surface area contributed by atoms with E-state index in [0.717, 1.165) is 0 Å². The Labute approximate surface area is 58.2 Å². The Hall–Kier alpha value is -1.14. The maximum absolute atomic E-state index is 7.75. The Balaban J connectivity index is 0.000000180. The Morgan fingerprint density at radius 3 is 2.40 bits per heavy atom. The second-order valence-corrected chi connectivity index (χ2v) is 1.41. The van der Waals surface area contributed by atoms with Gasteiger partial charge in [0, 0.05) is 6.54 Å². The maximum atomic E-state index is 7.75. The van der Waals surface area contributed by atoms with Gasteiger partial charge in [0.1, 0.15) is 0 Å². The van der Waals surface area contributed by atoms with Crippen LogP contribution in [0, 0.1) is 0 Å². The molecule has 0 aliphatic carbocycles. The molecule has 1 aromatic heterocycles. The van der Waals surface area contributed by atoms with Crippen LogP contribution in [0.2, 0.25) is 0 Å². The van der Waals surface area contributed by atoms with Crippen LogP contribution in [0.3, 0.4) is 0 Å². The van der Waals surface area contributed by atoms with Crippen molar-refractivity contribution in [1.82, 2.24) is 15.4 Å². The van der Waals surface area contributed by atoms with Gasteiger partial charge in [-0.05, 0) is 0 Å². The molecule has 0 aromatic carbocycles. The zero-order valence-electron chi connectivity index (χ0n) is 5.49. The van der Waals surface area contributed by atoms with Crippen LogP contribution in [-0.2, 0) is 0 Å². The molecular formula is C4H11N5O. The molecule has 1 rings (SSSR count). The van der Waals surface area contributed by atoms with Crippen LogP contribution in [0.15, 0.2) is 6.20 Å². The topological polar surface area (TPSA) is 114 Å². The van der Waals surface area contributed by atoms with Gasteiger partial charge in [0.15, 0.2) is 5.82 Å². The molecule has 1 heterocycles. The summed E-state index contributed by atoms with van der Waals surface area (Å²) in [5.74, 6) is 0.426. The number of aliphatic hydroxyl groups is 1. The number of nitrogens with one attached hydrogen (secondary N) is 1. The predicted molar refractivity (Wildman–Crippen MR) is 36.9 cm³/mol. The number of anilines is 1. The van der Waals surface area contributed by atoms with Gasteiger partial charge >= 0.3 is 0 Å². The number of nitrogens with zero attached hydrogens (tertiary/aromatic N) is 2. The molecule has 1 aromatic rings. The molecule has 0 atom stereocenters. The van der Waals surface area contributed by atoms with E-state index in [9.17, 15) is 0 Å². The number of hydrogen-bond acceptors (Lipinski definition) is 5. The number of hydrogen-bond donors (Lipinski definition) is 4. The zero-order valence-corrected chi connectivity index (χ0v) is 5.49. The van der Waals surface area contributed by atoms with E-state index in [4.69, 9.17) is 16.6 Å². The van der Waals surface area contributed by atoms with Crippen LogP contribution in [0.1, 0.15) is 0 Å². The number of nitrogen functional groups attached to an aromatic ring is 1. The van der Waals surface area contributed by atoms with Crippen molar-refractivity contribution >= 4 is 5.82 Å². The van der Waals surface area contributed by atoms with Gasteiger partial charge in [-0.2, -0.15) is 10.3 Å². The van der Waals surface area contributed by atoms with Crippen LogP contribution in [0.5, 0.6) is 0 Å². The number of aliphatic hydroxyl groups excluding tert-OH is 1. The Morgan fingerprint density at radius 1 is 1.70 bits per heavy atom. The molecule has 0 fully saturated rings. The molecule has 0 bridgehead atoms. The Bertz CT molecular complexity index is 137. The Kier molecular flexibility index (Phi) is 5.30. The van der Waals surface area contributed by atoms with Gasteiger partial charge in [0.2, 0.25) is 0 Å². The predicted octanol–water partition coefficient (Wildman–Crippen LogP) is -1.68. The summed E-state index contributed by atoms with van der Waals surface area (Å²) in [6.45, 7) is 0.472. The molecule has 6 nitrogen and oxygen atoms in total. The van der Waals surface area contributed by atoms with Crippen molar-refractivity contribution in [3.8, 4) is 0 Å². The number of H-pyrrole nitrogens is 1. The first-order valence-electron chi connectivity index (χ1n) is 2.73. The van der Waals surface area contributed by atoms with Crippen molar-refractivity contribution in [2.45, 2.75) is 0 Å². The highest BCUT2D eigenvalue weighted by atomic mass is 16.3. The van der Waals surface area contributed by atoms with E-state index in [-0.39, 0.29) is 6.61 Å². The summed E-state index contributed by atoms with van der Waals surface area (Å²) >= 11 is 0. The van der Waals surface area contributed by atoms with Crippen LogP contribution in [0.25, 0.3) is 0 Å². The third-order valence-corrected chi connectivity index (χ3v) is 0.563. The van der Waals surface area contributed by atoms with Gasteiger partial charge in [-0.25, -0.2) is 0 Å². The van der Waals surface area contributed by atoms with Crippen molar-refractivity contribution in [2.75, 3.05) is 18.9 Å². The quantitative estimate of drug-likeness (QED) is 0.377. The average molecular weight is 145 g/mol. The molecule has 0 spiro atoms. The number of aromatic amines is 1. The molecule has 0 saturated heterocycles. The molecule has 0 radical (unpaired) electrons. The van der Waals surface area contributed by atoms with Crippen molar-refractivity contribution in [1.29, 1.82) is 0 Å². The fourth-order valence-corrected chi connectivity index (χ4v) is 0.210. The lowest BCUT2D eigenvalue weighted by molar-refractivity contribution is 0.306. The maximum Gasteiger partial charge on any atom is 0.165 e. The molecule has 6 N–H and O–H groups in total. The summed E-state index contributed by atoms with van der Waals surface area (Å²) < 4.78 is 0. The standard InChI is InChI=1S/C2H4N4.C2H7NO/c3-2-1-4-6-5-2;3-1-2-4/h1H,(H3,3,4,5,6);4H,1-3H2. The molecule has 0 amide bonds. The third kappa shape index (κ3) is 5.01. The van der Waals surface area contributed by atoms with Gasteiger partial charge in [-0.1, -0.05) is 0 Å². The van der Waals surface area contributed by atoms with Crippen molar-refractivity contribution in [3.05, 3.63) is 6.20 Å². The number of rotatable bonds is 1. The molecular weight excluding hydrogens is 134 g/mol. The SMILES string of the molecule is NCCO.Nc1cn[nH]n1. The van der Waals surface area contributed by atoms with E-state index < -0.39 is 0 Å². The molecule has 6 heteroatoms. The second-order valence-electron chi connectivity index (χ2n) is 1.41. The lowest BCUT2D eigenvalue weighted by atomic mass is 10.8. The van der Waals surface area contributed by atoms with Gasteiger partial charge in [0.05, 0.1) is 12.8 Å². The largest absolute Gasteiger partial charge is 0.395 e. The van der Waals surface area contributed by atoms with Crippen LogP contribution < -0.4 is 11.5 Å². The van der Waals surface area contributed by atoms with Gasteiger partial charge in [0.25, 0.3) is 0 Å². The highest BCUT2D eigenvalue weighted by molar-refractivity contribution is 5.18. The summed E-state index contributed by atoms with van der Waals surface area (Å²) in [4.78, 5) is 0. The first kappa shape index (κ1) is 8.86. The first-order chi connectivity index (χ1) is 4.81. The van der Waals surface area contributed by atoms with Gasteiger partial charge in [-0.15, -0.1) is 5.10 Å². The van der Waals surface area contributed by atoms with Crippen molar-refractivity contribution in [3.63, 3.8) is 0 Å². The molecule has 0 saturated carbocycles. The van der Waals surface area contributed by atoms with E-state index in [1.54, 1.807) is 0 Å². The summed E-state index contributed by atoms with van der Waals surface area (Å²) in [7, 11) is 0. The fourth-order valence-electron chi connectivity index (χ4n) is 0.210. The Morgan fingerprint density at radius 2 is 2.30 bits per heavy atom. The number of nitrogens with two attached hydrogens (primary N) is 2. The lowest BCUT2D eigenvalue weighted by Crippen LogP contribution is -2.02. The highest BCUT2D eigenvalue weighted by Crippen LogP contribution is 1.81. The van der Waals surface area contributed by atoms with Gasteiger partial charge in [-0.3, -0.25) is 0 Å².